The van der Waals surface area contributed by atoms with Gasteiger partial charge in [0.15, 0.2) is 18.7 Å². The van der Waals surface area contributed by atoms with Crippen LogP contribution in [0, 0.1) is 11.3 Å². The summed E-state index contributed by atoms with van der Waals surface area (Å²) in [7, 11) is 0. The molecule has 0 radical (unpaired) electrons. The topological polar surface area (TPSA) is 182 Å². The second kappa shape index (κ2) is 10.1. The van der Waals surface area contributed by atoms with Gasteiger partial charge in [-0.3, -0.25) is 0 Å². The summed E-state index contributed by atoms with van der Waals surface area (Å²) in [6.07, 6.45) is -14.2. The Morgan fingerprint density at radius 1 is 0.933 bits per heavy atom. The van der Waals surface area contributed by atoms with Crippen LogP contribution in [0.25, 0.3) is 0 Å². The Morgan fingerprint density at radius 3 is 2.27 bits per heavy atom. The molecule has 10 atom stereocenters. The summed E-state index contributed by atoms with van der Waals surface area (Å²) in [5, 5.41) is 69.0. The quantitative estimate of drug-likeness (QED) is 0.283. The number of nitriles is 1. The van der Waals surface area contributed by atoms with Crippen molar-refractivity contribution in [1.29, 1.82) is 5.26 Å². The molecule has 11 nitrogen and oxygen atoms in total. The van der Waals surface area contributed by atoms with Crippen LogP contribution in [0.4, 0.5) is 0 Å². The van der Waals surface area contributed by atoms with E-state index in [9.17, 15) is 35.9 Å². The van der Waals surface area contributed by atoms with Gasteiger partial charge in [0.05, 0.1) is 19.3 Å². The molecule has 0 saturated carbocycles. The zero-order valence-electron chi connectivity index (χ0n) is 15.8. The van der Waals surface area contributed by atoms with E-state index in [1.807, 2.05) is 6.07 Å². The standard InChI is InChI=1S/C19H25NO10/c20-6-11(9-4-2-1-3-5-9)29-19-17(26)15(24)14(23)12(30-19)8-28-18-16(25)13(22)10(21)7-27-18/h1-5,10-19,21-26H,7-8H2/t10-,11+,12-,13+,14+,15-,16-,17-,18-,19-/m0/s1. The molecule has 0 aromatic heterocycles. The highest BCUT2D eigenvalue weighted by Gasteiger charge is 2.46. The van der Waals surface area contributed by atoms with Crippen molar-refractivity contribution in [3.05, 3.63) is 35.9 Å². The lowest BCUT2D eigenvalue weighted by Gasteiger charge is -2.41. The summed E-state index contributed by atoms with van der Waals surface area (Å²) in [6, 6.07) is 10.4. The van der Waals surface area contributed by atoms with Crippen molar-refractivity contribution >= 4 is 0 Å². The summed E-state index contributed by atoms with van der Waals surface area (Å²) in [5.74, 6) is 0. The maximum atomic E-state index is 10.2. The molecule has 30 heavy (non-hydrogen) atoms. The molecule has 2 heterocycles. The fourth-order valence-electron chi connectivity index (χ4n) is 3.23. The number of ether oxygens (including phenoxy) is 4. The van der Waals surface area contributed by atoms with E-state index in [0.29, 0.717) is 5.56 Å². The molecular weight excluding hydrogens is 402 g/mol. The Kier molecular flexibility index (Phi) is 7.72. The lowest BCUT2D eigenvalue weighted by Crippen LogP contribution is -2.60. The van der Waals surface area contributed by atoms with Crippen LogP contribution < -0.4 is 0 Å². The first-order chi connectivity index (χ1) is 14.3. The Morgan fingerprint density at radius 2 is 1.60 bits per heavy atom. The predicted octanol–water partition coefficient (Wildman–Crippen LogP) is -2.47. The van der Waals surface area contributed by atoms with E-state index in [-0.39, 0.29) is 6.61 Å². The first kappa shape index (κ1) is 23.0. The van der Waals surface area contributed by atoms with Crippen molar-refractivity contribution in [2.75, 3.05) is 13.2 Å². The van der Waals surface area contributed by atoms with Crippen LogP contribution in [0.3, 0.4) is 0 Å². The van der Waals surface area contributed by atoms with Gasteiger partial charge in [0.2, 0.25) is 0 Å². The Balaban J connectivity index is 1.63. The third-order valence-electron chi connectivity index (χ3n) is 5.04. The monoisotopic (exact) mass is 427 g/mol. The number of rotatable bonds is 6. The van der Waals surface area contributed by atoms with Crippen molar-refractivity contribution in [1.82, 2.24) is 0 Å². The van der Waals surface area contributed by atoms with E-state index < -0.39 is 68.0 Å². The van der Waals surface area contributed by atoms with Crippen molar-refractivity contribution < 1.29 is 49.6 Å². The first-order valence-corrected chi connectivity index (χ1v) is 9.40. The molecule has 2 saturated heterocycles. The SMILES string of the molecule is N#C[C@@H](O[C@H]1O[C@@H](CO[C@@H]2OC[C@H](O)[C@@H](O)[C@@H]2O)[C@@H](O)[C@H](O)[C@@H]1O)c1ccccc1. The number of aliphatic hydroxyl groups excluding tert-OH is 6. The smallest absolute Gasteiger partial charge is 0.188 e. The molecule has 0 amide bonds. The van der Waals surface area contributed by atoms with Crippen molar-refractivity contribution in [2.45, 2.75) is 61.4 Å². The molecule has 11 heteroatoms. The Labute approximate surface area is 172 Å². The van der Waals surface area contributed by atoms with Crippen LogP contribution in [-0.4, -0.2) is 99.2 Å². The average Bonchev–Trinajstić information content (AvgIpc) is 2.76. The van der Waals surface area contributed by atoms with Gasteiger partial charge in [0.1, 0.15) is 42.7 Å². The van der Waals surface area contributed by atoms with Crippen LogP contribution in [0.15, 0.2) is 30.3 Å². The van der Waals surface area contributed by atoms with Gasteiger partial charge in [0.25, 0.3) is 0 Å². The number of hydrogen-bond acceptors (Lipinski definition) is 11. The molecule has 1 aromatic carbocycles. The fourth-order valence-corrected chi connectivity index (χ4v) is 3.23. The molecule has 2 aliphatic rings. The van der Waals surface area contributed by atoms with Gasteiger partial charge >= 0.3 is 0 Å². The van der Waals surface area contributed by atoms with Gasteiger partial charge in [0, 0.05) is 0 Å². The lowest BCUT2D eigenvalue weighted by atomic mass is 9.99. The zero-order chi connectivity index (χ0) is 21.8. The molecule has 2 aliphatic heterocycles. The third-order valence-corrected chi connectivity index (χ3v) is 5.04. The molecule has 0 spiro atoms. The molecule has 3 rings (SSSR count). The van der Waals surface area contributed by atoms with Gasteiger partial charge in [-0.2, -0.15) is 5.26 Å². The van der Waals surface area contributed by atoms with Crippen LogP contribution in [-0.2, 0) is 18.9 Å². The van der Waals surface area contributed by atoms with Gasteiger partial charge in [-0.15, -0.1) is 0 Å². The second-order valence-corrected chi connectivity index (χ2v) is 7.15. The van der Waals surface area contributed by atoms with Gasteiger partial charge in [-0.25, -0.2) is 0 Å². The summed E-state index contributed by atoms with van der Waals surface area (Å²) in [4.78, 5) is 0. The molecule has 0 bridgehead atoms. The summed E-state index contributed by atoms with van der Waals surface area (Å²) >= 11 is 0. The number of hydrogen-bond donors (Lipinski definition) is 6. The Hall–Kier alpha value is -1.69. The minimum atomic E-state index is -1.66. The summed E-state index contributed by atoms with van der Waals surface area (Å²) < 4.78 is 21.5. The molecule has 1 aromatic rings. The molecule has 2 fully saturated rings. The van der Waals surface area contributed by atoms with Crippen molar-refractivity contribution in [3.8, 4) is 6.07 Å². The number of nitrogens with zero attached hydrogens (tertiary/aromatic N) is 1. The zero-order valence-corrected chi connectivity index (χ0v) is 15.8. The minimum absolute atomic E-state index is 0.273. The van der Waals surface area contributed by atoms with Crippen LogP contribution in [0.1, 0.15) is 11.7 Å². The van der Waals surface area contributed by atoms with Crippen LogP contribution >= 0.6 is 0 Å². The number of aliphatic hydroxyl groups is 6. The van der Waals surface area contributed by atoms with Crippen molar-refractivity contribution in [2.24, 2.45) is 0 Å². The summed E-state index contributed by atoms with van der Waals surface area (Å²) in [5.41, 5.74) is 0.510. The van der Waals surface area contributed by atoms with Gasteiger partial charge < -0.3 is 49.6 Å². The van der Waals surface area contributed by atoms with E-state index in [1.165, 1.54) is 0 Å². The van der Waals surface area contributed by atoms with E-state index in [1.54, 1.807) is 30.3 Å². The highest BCUT2D eigenvalue weighted by atomic mass is 16.7. The molecule has 0 aliphatic carbocycles. The van der Waals surface area contributed by atoms with Gasteiger partial charge in [-0.05, 0) is 5.56 Å². The van der Waals surface area contributed by atoms with Crippen LogP contribution in [0.2, 0.25) is 0 Å². The van der Waals surface area contributed by atoms with E-state index in [4.69, 9.17) is 18.9 Å². The van der Waals surface area contributed by atoms with Crippen molar-refractivity contribution in [3.63, 3.8) is 0 Å². The third kappa shape index (κ3) is 4.96. The number of benzene rings is 1. The maximum absolute atomic E-state index is 10.2. The summed E-state index contributed by atoms with van der Waals surface area (Å²) in [6.45, 7) is -0.678. The van der Waals surface area contributed by atoms with Gasteiger partial charge in [-0.1, -0.05) is 30.3 Å². The molecule has 0 unspecified atom stereocenters. The molecular formula is C19H25NO10. The lowest BCUT2D eigenvalue weighted by molar-refractivity contribution is -0.325. The van der Waals surface area contributed by atoms with Crippen LogP contribution in [0.5, 0.6) is 0 Å². The highest BCUT2D eigenvalue weighted by molar-refractivity contribution is 5.22. The predicted molar refractivity (Wildman–Crippen MR) is 96.3 cm³/mol. The van der Waals surface area contributed by atoms with E-state index >= 15 is 0 Å². The molecule has 6 N–H and O–H groups in total. The largest absolute Gasteiger partial charge is 0.388 e. The average molecular weight is 427 g/mol. The first-order valence-electron chi connectivity index (χ1n) is 9.40. The Bertz CT molecular complexity index is 715. The fraction of sp³-hybridized carbons (Fsp3) is 0.632. The highest BCUT2D eigenvalue weighted by Crippen LogP contribution is 2.28. The molecule has 166 valence electrons. The normalized spacial score (nSPS) is 40.5. The minimum Gasteiger partial charge on any atom is -0.388 e. The second-order valence-electron chi connectivity index (χ2n) is 7.15. The van der Waals surface area contributed by atoms with E-state index in [2.05, 4.69) is 0 Å². The maximum Gasteiger partial charge on any atom is 0.188 e. The van der Waals surface area contributed by atoms with E-state index in [0.717, 1.165) is 0 Å².